The zero-order valence-electron chi connectivity index (χ0n) is 12.3. The Bertz CT molecular complexity index is 442. The summed E-state index contributed by atoms with van der Waals surface area (Å²) in [5.41, 5.74) is 0. The van der Waals surface area contributed by atoms with Crippen LogP contribution < -0.4 is 0 Å². The summed E-state index contributed by atoms with van der Waals surface area (Å²) in [7, 11) is 0. The fourth-order valence-corrected chi connectivity index (χ4v) is 3.80. The van der Waals surface area contributed by atoms with E-state index < -0.39 is 0 Å². The number of carbonyl (C=O) groups is 1. The van der Waals surface area contributed by atoms with Crippen molar-refractivity contribution in [3.8, 4) is 0 Å². The number of ether oxygens (including phenoxy) is 2. The van der Waals surface area contributed by atoms with Crippen LogP contribution in [0.3, 0.4) is 0 Å². The van der Waals surface area contributed by atoms with Crippen molar-refractivity contribution in [3.05, 3.63) is 22.4 Å². The van der Waals surface area contributed by atoms with Crippen LogP contribution in [0.2, 0.25) is 0 Å². The average Bonchev–Trinajstić information content (AvgIpc) is 3.08. The molecule has 1 aliphatic heterocycles. The van der Waals surface area contributed by atoms with Gasteiger partial charge in [0.25, 0.3) is 0 Å². The zero-order chi connectivity index (χ0) is 14.5. The smallest absolute Gasteiger partial charge is 0.248 e. The van der Waals surface area contributed by atoms with Crippen LogP contribution in [-0.4, -0.2) is 43.2 Å². The maximum atomic E-state index is 12.3. The van der Waals surface area contributed by atoms with Gasteiger partial charge >= 0.3 is 0 Å². The van der Waals surface area contributed by atoms with Crippen LogP contribution in [0.1, 0.15) is 43.1 Å². The van der Waals surface area contributed by atoms with Gasteiger partial charge in [-0.15, -0.1) is 11.3 Å². The van der Waals surface area contributed by atoms with Crippen LogP contribution in [0.25, 0.3) is 0 Å². The Labute approximate surface area is 130 Å². The summed E-state index contributed by atoms with van der Waals surface area (Å²) < 4.78 is 11.6. The van der Waals surface area contributed by atoms with E-state index in [4.69, 9.17) is 9.47 Å². The van der Waals surface area contributed by atoms with Crippen molar-refractivity contribution in [1.29, 1.82) is 0 Å². The molecule has 1 aromatic heterocycles. The molecule has 21 heavy (non-hydrogen) atoms. The summed E-state index contributed by atoms with van der Waals surface area (Å²) in [5.74, 6) is 0.102. The highest BCUT2D eigenvalue weighted by Crippen LogP contribution is 2.26. The van der Waals surface area contributed by atoms with Crippen molar-refractivity contribution in [1.82, 2.24) is 4.90 Å². The molecule has 116 valence electrons. The third-order valence-corrected chi connectivity index (χ3v) is 5.24. The van der Waals surface area contributed by atoms with Gasteiger partial charge < -0.3 is 14.4 Å². The molecule has 2 fully saturated rings. The highest BCUT2D eigenvalue weighted by atomic mass is 32.1. The Hall–Kier alpha value is -0.910. The molecule has 0 N–H and O–H groups in total. The van der Waals surface area contributed by atoms with Crippen molar-refractivity contribution in [2.24, 2.45) is 0 Å². The highest BCUT2D eigenvalue weighted by Gasteiger charge is 2.26. The van der Waals surface area contributed by atoms with E-state index in [0.717, 1.165) is 12.8 Å². The van der Waals surface area contributed by atoms with Gasteiger partial charge in [-0.25, -0.2) is 0 Å². The number of hydrogen-bond acceptors (Lipinski definition) is 4. The first-order valence-electron chi connectivity index (χ1n) is 7.87. The van der Waals surface area contributed by atoms with E-state index in [1.54, 1.807) is 11.3 Å². The molecule has 5 heteroatoms. The lowest BCUT2D eigenvalue weighted by Crippen LogP contribution is -2.44. The lowest BCUT2D eigenvalue weighted by Gasteiger charge is -2.33. The minimum absolute atomic E-state index is 0.0254. The van der Waals surface area contributed by atoms with Gasteiger partial charge in [-0.1, -0.05) is 25.3 Å². The Morgan fingerprint density at radius 2 is 2.24 bits per heavy atom. The molecule has 1 saturated carbocycles. The molecular weight excluding hydrogens is 286 g/mol. The Kier molecular flexibility index (Phi) is 5.27. The zero-order valence-corrected chi connectivity index (χ0v) is 13.1. The number of hydrogen-bond donors (Lipinski definition) is 0. The number of nitrogens with zero attached hydrogens (tertiary/aromatic N) is 1. The van der Waals surface area contributed by atoms with Crippen molar-refractivity contribution in [2.75, 3.05) is 26.3 Å². The standard InChI is InChI=1S/C16H23NO3S/c18-16(12-20-13-5-2-1-3-6-13)17-8-9-19-14(11-17)15-7-4-10-21-15/h4,7,10,13-14H,1-3,5-6,8-9,11-12H2/t14-/m0/s1. The fourth-order valence-electron chi connectivity index (χ4n) is 3.03. The highest BCUT2D eigenvalue weighted by molar-refractivity contribution is 7.10. The molecule has 2 heterocycles. The van der Waals surface area contributed by atoms with E-state index in [-0.39, 0.29) is 24.7 Å². The molecular formula is C16H23NO3S. The molecule has 0 spiro atoms. The second-order valence-corrected chi connectivity index (χ2v) is 6.76. The molecule has 1 aromatic rings. The molecule has 2 aliphatic rings. The predicted molar refractivity (Wildman–Crippen MR) is 82.4 cm³/mol. The largest absolute Gasteiger partial charge is 0.369 e. The second-order valence-electron chi connectivity index (χ2n) is 5.79. The van der Waals surface area contributed by atoms with Gasteiger partial charge in [0.15, 0.2) is 0 Å². The molecule has 4 nitrogen and oxygen atoms in total. The molecule has 1 aliphatic carbocycles. The number of amides is 1. The van der Waals surface area contributed by atoms with Crippen LogP contribution in [0.15, 0.2) is 17.5 Å². The first kappa shape index (κ1) is 15.0. The molecule has 0 bridgehead atoms. The van der Waals surface area contributed by atoms with Gasteiger partial charge in [0.2, 0.25) is 5.91 Å². The Morgan fingerprint density at radius 1 is 1.38 bits per heavy atom. The van der Waals surface area contributed by atoms with Crippen molar-refractivity contribution >= 4 is 17.2 Å². The molecule has 0 unspecified atom stereocenters. The van der Waals surface area contributed by atoms with Gasteiger partial charge in [0.1, 0.15) is 12.7 Å². The van der Waals surface area contributed by atoms with Gasteiger partial charge in [0.05, 0.1) is 19.3 Å². The molecule has 1 atom stereocenters. The third-order valence-electron chi connectivity index (χ3n) is 4.27. The summed E-state index contributed by atoms with van der Waals surface area (Å²) in [6.45, 7) is 2.15. The number of carbonyl (C=O) groups excluding carboxylic acids is 1. The van der Waals surface area contributed by atoms with Crippen LogP contribution >= 0.6 is 11.3 Å². The number of rotatable bonds is 4. The van der Waals surface area contributed by atoms with Crippen LogP contribution in [0, 0.1) is 0 Å². The molecule has 3 rings (SSSR count). The number of thiophene rings is 1. The van der Waals surface area contributed by atoms with E-state index in [2.05, 4.69) is 6.07 Å². The van der Waals surface area contributed by atoms with Gasteiger partial charge in [-0.2, -0.15) is 0 Å². The minimum atomic E-state index is 0.0254. The summed E-state index contributed by atoms with van der Waals surface area (Å²) in [5, 5.41) is 2.05. The lowest BCUT2D eigenvalue weighted by molar-refractivity contribution is -0.146. The number of morpholine rings is 1. The van der Waals surface area contributed by atoms with Crippen LogP contribution in [0.5, 0.6) is 0 Å². The lowest BCUT2D eigenvalue weighted by atomic mass is 9.98. The predicted octanol–water partition coefficient (Wildman–Crippen LogP) is 3.00. The van der Waals surface area contributed by atoms with Crippen LogP contribution in [0.4, 0.5) is 0 Å². The van der Waals surface area contributed by atoms with Crippen molar-refractivity contribution in [3.63, 3.8) is 0 Å². The normalized spacial score (nSPS) is 24.2. The van der Waals surface area contributed by atoms with E-state index in [1.807, 2.05) is 16.3 Å². The minimum Gasteiger partial charge on any atom is -0.369 e. The van der Waals surface area contributed by atoms with E-state index in [9.17, 15) is 4.79 Å². The van der Waals surface area contributed by atoms with E-state index >= 15 is 0 Å². The molecule has 1 amide bonds. The summed E-state index contributed by atoms with van der Waals surface area (Å²) in [4.78, 5) is 15.4. The summed E-state index contributed by atoms with van der Waals surface area (Å²) in [6.07, 6.45) is 6.30. The molecule has 0 radical (unpaired) electrons. The van der Waals surface area contributed by atoms with Crippen LogP contribution in [-0.2, 0) is 14.3 Å². The van der Waals surface area contributed by atoms with Gasteiger partial charge in [0, 0.05) is 11.4 Å². The maximum absolute atomic E-state index is 12.3. The van der Waals surface area contributed by atoms with E-state index in [1.165, 1.54) is 24.1 Å². The van der Waals surface area contributed by atoms with Crippen molar-refractivity contribution in [2.45, 2.75) is 44.3 Å². The van der Waals surface area contributed by atoms with Gasteiger partial charge in [-0.3, -0.25) is 4.79 Å². The summed E-state index contributed by atoms with van der Waals surface area (Å²) in [6, 6.07) is 4.10. The topological polar surface area (TPSA) is 38.8 Å². The maximum Gasteiger partial charge on any atom is 0.248 e. The quantitative estimate of drug-likeness (QED) is 0.858. The second kappa shape index (κ2) is 7.38. The molecule has 1 saturated heterocycles. The molecule has 0 aromatic carbocycles. The third kappa shape index (κ3) is 4.05. The first-order valence-corrected chi connectivity index (χ1v) is 8.75. The monoisotopic (exact) mass is 309 g/mol. The fraction of sp³-hybridized carbons (Fsp3) is 0.688. The Morgan fingerprint density at radius 3 is 3.00 bits per heavy atom. The SMILES string of the molecule is O=C(COC1CCCCC1)N1CCO[C@H](c2cccs2)C1. The summed E-state index contributed by atoms with van der Waals surface area (Å²) >= 11 is 1.69. The first-order chi connectivity index (χ1) is 10.3. The van der Waals surface area contributed by atoms with Crippen molar-refractivity contribution < 1.29 is 14.3 Å². The average molecular weight is 309 g/mol. The van der Waals surface area contributed by atoms with Gasteiger partial charge in [-0.05, 0) is 24.3 Å². The Balaban J connectivity index is 1.47. The van der Waals surface area contributed by atoms with E-state index in [0.29, 0.717) is 19.7 Å².